The van der Waals surface area contributed by atoms with Crippen LogP contribution < -0.4 is 5.43 Å². The van der Waals surface area contributed by atoms with Gasteiger partial charge in [-0.05, 0) is 24.6 Å². The molecule has 1 aromatic rings. The number of rotatable bonds is 1. The van der Waals surface area contributed by atoms with Gasteiger partial charge in [0.2, 0.25) is 0 Å². The Kier molecular flexibility index (Phi) is 3.10. The van der Waals surface area contributed by atoms with E-state index < -0.39 is 0 Å². The van der Waals surface area contributed by atoms with Crippen LogP contribution in [0.2, 0.25) is 0 Å². The minimum absolute atomic E-state index is 0.0331. The molecule has 0 bridgehead atoms. The Hall–Kier alpha value is -1.55. The lowest BCUT2D eigenvalue weighted by Gasteiger charge is -1.85. The van der Waals surface area contributed by atoms with E-state index >= 15 is 0 Å². The van der Waals surface area contributed by atoms with E-state index in [0.717, 1.165) is 5.56 Å². The smallest absolute Gasteiger partial charge is 0.178 e. The standard InChI is InChI=1S/C11H10O/c1-2-3-5-10-6-4-7-11(12)9-8-10/h4,6-9H,5H2,1H3. The van der Waals surface area contributed by atoms with Crippen LogP contribution in [0, 0.1) is 11.8 Å². The van der Waals surface area contributed by atoms with Crippen molar-refractivity contribution in [3.8, 4) is 11.8 Å². The Balaban J connectivity index is 2.95. The molecule has 0 atom stereocenters. The van der Waals surface area contributed by atoms with Crippen molar-refractivity contribution in [1.82, 2.24) is 0 Å². The fourth-order valence-corrected chi connectivity index (χ4v) is 0.875. The summed E-state index contributed by atoms with van der Waals surface area (Å²) in [5.74, 6) is 5.76. The molecule has 1 heteroatoms. The SMILES string of the molecule is CC#CCc1cccc(=O)cc1. The maximum Gasteiger partial charge on any atom is 0.178 e. The van der Waals surface area contributed by atoms with Crippen molar-refractivity contribution < 1.29 is 0 Å². The van der Waals surface area contributed by atoms with Crippen molar-refractivity contribution in [2.24, 2.45) is 0 Å². The Morgan fingerprint density at radius 1 is 1.25 bits per heavy atom. The molecule has 0 aliphatic rings. The predicted molar refractivity (Wildman–Crippen MR) is 49.9 cm³/mol. The molecule has 0 spiro atoms. The van der Waals surface area contributed by atoms with E-state index in [2.05, 4.69) is 11.8 Å². The first-order valence-electron chi connectivity index (χ1n) is 3.82. The van der Waals surface area contributed by atoms with Gasteiger partial charge in [-0.25, -0.2) is 0 Å². The van der Waals surface area contributed by atoms with Crippen molar-refractivity contribution >= 4 is 0 Å². The molecule has 0 unspecified atom stereocenters. The molecule has 0 aromatic heterocycles. The summed E-state index contributed by atoms with van der Waals surface area (Å²) in [4.78, 5) is 10.9. The fourth-order valence-electron chi connectivity index (χ4n) is 0.875. The lowest BCUT2D eigenvalue weighted by Crippen LogP contribution is -1.87. The summed E-state index contributed by atoms with van der Waals surface area (Å²) in [5.41, 5.74) is 1.11. The maximum atomic E-state index is 10.9. The molecule has 0 aliphatic heterocycles. The van der Waals surface area contributed by atoms with Gasteiger partial charge in [-0.2, -0.15) is 0 Å². The van der Waals surface area contributed by atoms with Gasteiger partial charge in [0.1, 0.15) is 0 Å². The molecule has 0 saturated heterocycles. The van der Waals surface area contributed by atoms with Gasteiger partial charge >= 0.3 is 0 Å². The van der Waals surface area contributed by atoms with E-state index in [-0.39, 0.29) is 5.43 Å². The topological polar surface area (TPSA) is 17.1 Å². The summed E-state index contributed by atoms with van der Waals surface area (Å²) in [5, 5.41) is 0. The minimum Gasteiger partial charge on any atom is -0.290 e. The van der Waals surface area contributed by atoms with E-state index in [9.17, 15) is 4.79 Å². The quantitative estimate of drug-likeness (QED) is 0.567. The van der Waals surface area contributed by atoms with Crippen LogP contribution >= 0.6 is 0 Å². The van der Waals surface area contributed by atoms with Crippen LogP contribution in [0.4, 0.5) is 0 Å². The molecule has 12 heavy (non-hydrogen) atoms. The Morgan fingerprint density at radius 2 is 2.08 bits per heavy atom. The monoisotopic (exact) mass is 158 g/mol. The zero-order valence-corrected chi connectivity index (χ0v) is 7.00. The van der Waals surface area contributed by atoms with E-state index in [4.69, 9.17) is 0 Å². The highest BCUT2D eigenvalue weighted by atomic mass is 16.1. The van der Waals surface area contributed by atoms with Gasteiger partial charge in [-0.15, -0.1) is 5.92 Å². The zero-order valence-electron chi connectivity index (χ0n) is 7.00. The van der Waals surface area contributed by atoms with Gasteiger partial charge < -0.3 is 0 Å². The molecule has 0 saturated carbocycles. The van der Waals surface area contributed by atoms with Gasteiger partial charge in [0.25, 0.3) is 0 Å². The molecular weight excluding hydrogens is 148 g/mol. The second kappa shape index (κ2) is 4.35. The van der Waals surface area contributed by atoms with Gasteiger partial charge in [0.05, 0.1) is 0 Å². The fraction of sp³-hybridized carbons (Fsp3) is 0.182. The van der Waals surface area contributed by atoms with Gasteiger partial charge in [-0.3, -0.25) is 4.79 Å². The molecular formula is C11H10O. The average Bonchev–Trinajstić information content (AvgIpc) is 2.27. The van der Waals surface area contributed by atoms with Gasteiger partial charge in [0.15, 0.2) is 5.43 Å². The maximum absolute atomic E-state index is 10.9. The summed E-state index contributed by atoms with van der Waals surface area (Å²) in [6.07, 6.45) is 0.713. The Morgan fingerprint density at radius 3 is 2.83 bits per heavy atom. The molecule has 0 amide bonds. The van der Waals surface area contributed by atoms with Crippen molar-refractivity contribution in [3.63, 3.8) is 0 Å². The lowest BCUT2D eigenvalue weighted by atomic mass is 10.2. The molecule has 0 N–H and O–H groups in total. The number of hydrogen-bond donors (Lipinski definition) is 0. The summed E-state index contributed by atoms with van der Waals surface area (Å²) < 4.78 is 0. The third-order valence-electron chi connectivity index (χ3n) is 1.50. The molecule has 0 heterocycles. The molecule has 0 fully saturated rings. The second-order valence-corrected chi connectivity index (χ2v) is 2.44. The van der Waals surface area contributed by atoms with Crippen LogP contribution in [0.1, 0.15) is 12.5 Å². The minimum atomic E-state index is 0.0331. The van der Waals surface area contributed by atoms with Gasteiger partial charge in [0, 0.05) is 6.42 Å². The number of hydrogen-bond acceptors (Lipinski definition) is 1. The first-order valence-corrected chi connectivity index (χ1v) is 3.82. The normalized spacial score (nSPS) is 8.42. The van der Waals surface area contributed by atoms with Crippen molar-refractivity contribution in [3.05, 3.63) is 46.1 Å². The Bertz CT molecular complexity index is 369. The third kappa shape index (κ3) is 2.59. The van der Waals surface area contributed by atoms with Crippen molar-refractivity contribution in [2.45, 2.75) is 13.3 Å². The summed E-state index contributed by atoms with van der Waals surface area (Å²) in [6, 6.07) is 8.59. The highest BCUT2D eigenvalue weighted by Gasteiger charge is 1.85. The third-order valence-corrected chi connectivity index (χ3v) is 1.50. The van der Waals surface area contributed by atoms with Crippen LogP contribution in [-0.2, 0) is 6.42 Å². The van der Waals surface area contributed by atoms with Crippen molar-refractivity contribution in [1.29, 1.82) is 0 Å². The van der Waals surface area contributed by atoms with Crippen LogP contribution in [0.5, 0.6) is 0 Å². The zero-order chi connectivity index (χ0) is 8.81. The molecule has 60 valence electrons. The molecule has 1 aromatic carbocycles. The van der Waals surface area contributed by atoms with E-state index in [1.807, 2.05) is 19.1 Å². The molecule has 1 nitrogen and oxygen atoms in total. The van der Waals surface area contributed by atoms with E-state index in [1.54, 1.807) is 18.2 Å². The molecule has 0 aliphatic carbocycles. The van der Waals surface area contributed by atoms with Crippen LogP contribution in [0.25, 0.3) is 0 Å². The molecule has 1 rings (SSSR count). The average molecular weight is 158 g/mol. The van der Waals surface area contributed by atoms with E-state index in [0.29, 0.717) is 6.42 Å². The van der Waals surface area contributed by atoms with Crippen LogP contribution in [0.3, 0.4) is 0 Å². The van der Waals surface area contributed by atoms with Crippen molar-refractivity contribution in [2.75, 3.05) is 0 Å². The van der Waals surface area contributed by atoms with Crippen LogP contribution in [0.15, 0.2) is 35.1 Å². The predicted octanol–water partition coefficient (Wildman–Crippen LogP) is 1.61. The first-order chi connectivity index (χ1) is 5.83. The largest absolute Gasteiger partial charge is 0.290 e. The summed E-state index contributed by atoms with van der Waals surface area (Å²) in [7, 11) is 0. The lowest BCUT2D eigenvalue weighted by molar-refractivity contribution is 1.33. The Labute approximate surface area is 72.1 Å². The summed E-state index contributed by atoms with van der Waals surface area (Å²) in [6.45, 7) is 1.81. The highest BCUT2D eigenvalue weighted by Crippen LogP contribution is 1.94. The summed E-state index contributed by atoms with van der Waals surface area (Å²) >= 11 is 0. The second-order valence-electron chi connectivity index (χ2n) is 2.44. The molecule has 0 radical (unpaired) electrons. The highest BCUT2D eigenvalue weighted by molar-refractivity contribution is 5.19. The first kappa shape index (κ1) is 8.55. The van der Waals surface area contributed by atoms with Crippen LogP contribution in [-0.4, -0.2) is 0 Å². The van der Waals surface area contributed by atoms with E-state index in [1.165, 1.54) is 0 Å². The van der Waals surface area contributed by atoms with Gasteiger partial charge in [-0.1, -0.05) is 24.1 Å².